The SMILES string of the molecule is CC1=C(C)[C@@]2(C)[C@@H]1[C@H]1C=C[C@@]2(C)n2c(=O)n(-c3ccccc3)c(=O)n21. The smallest absolute Gasteiger partial charge is 0.245 e. The molecule has 128 valence electrons. The molecule has 4 atom stereocenters. The Morgan fingerprint density at radius 2 is 1.68 bits per heavy atom. The second-order valence-corrected chi connectivity index (χ2v) is 7.88. The first-order chi connectivity index (χ1) is 11.8. The summed E-state index contributed by atoms with van der Waals surface area (Å²) in [5, 5.41) is 0. The lowest BCUT2D eigenvalue weighted by atomic mass is 9.45. The first-order valence-electron chi connectivity index (χ1n) is 8.73. The van der Waals surface area contributed by atoms with Crippen LogP contribution in [0, 0.1) is 11.3 Å². The molecule has 0 spiro atoms. The molecule has 5 nitrogen and oxygen atoms in total. The van der Waals surface area contributed by atoms with Crippen LogP contribution in [0.15, 0.2) is 63.2 Å². The molecule has 0 unspecified atom stereocenters. The zero-order valence-corrected chi connectivity index (χ0v) is 14.9. The van der Waals surface area contributed by atoms with Crippen LogP contribution in [0.4, 0.5) is 0 Å². The highest BCUT2D eigenvalue weighted by molar-refractivity contribution is 5.47. The normalized spacial score (nSPS) is 34.7. The van der Waals surface area contributed by atoms with Gasteiger partial charge in [-0.25, -0.2) is 23.5 Å². The third-order valence-corrected chi connectivity index (χ3v) is 7.18. The van der Waals surface area contributed by atoms with Crippen LogP contribution in [-0.2, 0) is 5.54 Å². The van der Waals surface area contributed by atoms with Crippen LogP contribution in [-0.4, -0.2) is 13.9 Å². The highest BCUT2D eigenvalue weighted by atomic mass is 16.2. The van der Waals surface area contributed by atoms with Gasteiger partial charge in [-0.2, -0.15) is 0 Å². The topological polar surface area (TPSA) is 48.9 Å². The van der Waals surface area contributed by atoms with Crippen molar-refractivity contribution in [2.45, 2.75) is 39.3 Å². The third-order valence-electron chi connectivity index (χ3n) is 7.18. The van der Waals surface area contributed by atoms with Crippen molar-refractivity contribution in [3.63, 3.8) is 0 Å². The van der Waals surface area contributed by atoms with E-state index in [2.05, 4.69) is 39.8 Å². The molecule has 4 aliphatic rings. The fraction of sp³-hybridized carbons (Fsp3) is 0.400. The van der Waals surface area contributed by atoms with Crippen molar-refractivity contribution in [3.8, 4) is 5.69 Å². The van der Waals surface area contributed by atoms with Crippen LogP contribution in [0.2, 0.25) is 0 Å². The highest BCUT2D eigenvalue weighted by Crippen LogP contribution is 2.67. The van der Waals surface area contributed by atoms with Gasteiger partial charge in [0.25, 0.3) is 0 Å². The Labute approximate surface area is 145 Å². The largest absolute Gasteiger partial charge is 0.352 e. The second kappa shape index (κ2) is 4.15. The van der Waals surface area contributed by atoms with Crippen molar-refractivity contribution >= 4 is 0 Å². The van der Waals surface area contributed by atoms with Gasteiger partial charge in [0.15, 0.2) is 0 Å². The van der Waals surface area contributed by atoms with Crippen LogP contribution < -0.4 is 11.4 Å². The molecule has 0 fully saturated rings. The Kier molecular flexibility index (Phi) is 2.45. The molecule has 0 radical (unpaired) electrons. The number of hydrogen-bond donors (Lipinski definition) is 0. The van der Waals surface area contributed by atoms with E-state index in [0.717, 1.165) is 0 Å². The molecule has 5 heteroatoms. The van der Waals surface area contributed by atoms with Crippen molar-refractivity contribution in [3.05, 3.63) is 74.6 Å². The van der Waals surface area contributed by atoms with Gasteiger partial charge in [0.05, 0.1) is 17.3 Å². The Morgan fingerprint density at radius 1 is 1.00 bits per heavy atom. The van der Waals surface area contributed by atoms with E-state index < -0.39 is 5.54 Å². The minimum atomic E-state index is -0.535. The molecule has 0 N–H and O–H groups in total. The predicted octanol–water partition coefficient (Wildman–Crippen LogP) is 2.61. The summed E-state index contributed by atoms with van der Waals surface area (Å²) in [6.07, 6.45) is 4.23. The van der Waals surface area contributed by atoms with Gasteiger partial charge in [0, 0.05) is 11.3 Å². The summed E-state index contributed by atoms with van der Waals surface area (Å²) >= 11 is 0. The van der Waals surface area contributed by atoms with E-state index in [4.69, 9.17) is 0 Å². The van der Waals surface area contributed by atoms with Crippen LogP contribution in [0.1, 0.15) is 33.7 Å². The third kappa shape index (κ3) is 1.32. The summed E-state index contributed by atoms with van der Waals surface area (Å²) in [7, 11) is 0. The monoisotopic (exact) mass is 335 g/mol. The van der Waals surface area contributed by atoms with Crippen LogP contribution in [0.5, 0.6) is 0 Å². The van der Waals surface area contributed by atoms with Crippen molar-refractivity contribution in [2.75, 3.05) is 0 Å². The Morgan fingerprint density at radius 3 is 2.36 bits per heavy atom. The maximum absolute atomic E-state index is 13.3. The van der Waals surface area contributed by atoms with Gasteiger partial charge in [-0.05, 0) is 32.9 Å². The molecule has 1 aromatic heterocycles. The fourth-order valence-corrected chi connectivity index (χ4v) is 5.54. The van der Waals surface area contributed by atoms with Crippen molar-refractivity contribution in [1.82, 2.24) is 13.9 Å². The summed E-state index contributed by atoms with van der Waals surface area (Å²) in [5.41, 5.74) is 2.13. The lowest BCUT2D eigenvalue weighted by Gasteiger charge is -2.65. The van der Waals surface area contributed by atoms with E-state index in [-0.39, 0.29) is 28.8 Å². The molecule has 2 aliphatic heterocycles. The van der Waals surface area contributed by atoms with Crippen LogP contribution >= 0.6 is 0 Å². The lowest BCUT2D eigenvalue weighted by molar-refractivity contribution is -0.0328. The molecule has 2 aromatic rings. The minimum Gasteiger partial charge on any atom is -0.245 e. The van der Waals surface area contributed by atoms with E-state index in [1.165, 1.54) is 15.7 Å². The lowest BCUT2D eigenvalue weighted by Crippen LogP contribution is -2.67. The van der Waals surface area contributed by atoms with Gasteiger partial charge in [-0.1, -0.05) is 48.4 Å². The standard InChI is InChI=1S/C20H21N3O2/c1-12-13(2)20(4)16(12)15-10-11-19(20,3)23-18(25)21(17(24)22(15)23)14-8-6-5-7-9-14/h5-11,15-16H,1-4H3/t15-,16+,19-,20+/m1/s1. The number of rotatable bonds is 1. The van der Waals surface area contributed by atoms with Crippen LogP contribution in [0.25, 0.3) is 5.69 Å². The summed E-state index contributed by atoms with van der Waals surface area (Å²) < 4.78 is 4.67. The predicted molar refractivity (Wildman–Crippen MR) is 96.1 cm³/mol. The molecular formula is C20H21N3O2. The molecule has 0 amide bonds. The zero-order chi connectivity index (χ0) is 17.7. The number of hydrogen-bond acceptors (Lipinski definition) is 2. The Balaban J connectivity index is 1.87. The molecule has 0 saturated heterocycles. The van der Waals surface area contributed by atoms with E-state index in [9.17, 15) is 9.59 Å². The number of aromatic nitrogens is 3. The van der Waals surface area contributed by atoms with Crippen molar-refractivity contribution in [1.29, 1.82) is 0 Å². The molecule has 0 saturated carbocycles. The number of nitrogens with zero attached hydrogens (tertiary/aromatic N) is 3. The van der Waals surface area contributed by atoms with Crippen LogP contribution in [0.3, 0.4) is 0 Å². The summed E-state index contributed by atoms with van der Waals surface area (Å²) in [6, 6.07) is 9.08. The number of allylic oxidation sites excluding steroid dienone is 4. The first kappa shape index (κ1) is 14.8. The fourth-order valence-electron chi connectivity index (χ4n) is 5.54. The molecular weight excluding hydrogens is 314 g/mol. The van der Waals surface area contributed by atoms with Gasteiger partial charge in [-0.15, -0.1) is 0 Å². The molecule has 3 heterocycles. The summed E-state index contributed by atoms with van der Waals surface area (Å²) in [4.78, 5) is 26.5. The highest BCUT2D eigenvalue weighted by Gasteiger charge is 2.66. The van der Waals surface area contributed by atoms with Gasteiger partial charge in [0.2, 0.25) is 0 Å². The molecule has 1 aromatic carbocycles. The maximum atomic E-state index is 13.3. The van der Waals surface area contributed by atoms with Crippen molar-refractivity contribution < 1.29 is 0 Å². The Hall–Kier alpha value is -2.56. The van der Waals surface area contributed by atoms with Gasteiger partial charge < -0.3 is 0 Å². The van der Waals surface area contributed by atoms with Crippen molar-refractivity contribution in [2.24, 2.45) is 11.3 Å². The van der Waals surface area contributed by atoms with E-state index >= 15 is 0 Å². The quantitative estimate of drug-likeness (QED) is 0.752. The summed E-state index contributed by atoms with van der Waals surface area (Å²) in [5.74, 6) is 0.270. The van der Waals surface area contributed by atoms with E-state index in [1.807, 2.05) is 18.2 Å². The maximum Gasteiger partial charge on any atom is 0.352 e. The Bertz CT molecular complexity index is 1100. The second-order valence-electron chi connectivity index (χ2n) is 7.88. The van der Waals surface area contributed by atoms with E-state index in [0.29, 0.717) is 5.69 Å². The number of benzene rings is 1. The van der Waals surface area contributed by atoms with E-state index in [1.54, 1.807) is 21.5 Å². The molecule has 2 aliphatic carbocycles. The van der Waals surface area contributed by atoms with Gasteiger partial charge in [0.1, 0.15) is 0 Å². The number of para-hydroxylation sites is 1. The average Bonchev–Trinajstić information content (AvgIpc) is 2.89. The molecule has 2 bridgehead atoms. The average molecular weight is 335 g/mol. The zero-order valence-electron chi connectivity index (χ0n) is 14.9. The van der Waals surface area contributed by atoms with Gasteiger partial charge >= 0.3 is 11.4 Å². The minimum absolute atomic E-state index is 0.0966. The summed E-state index contributed by atoms with van der Waals surface area (Å²) in [6.45, 7) is 8.62. The van der Waals surface area contributed by atoms with Gasteiger partial charge in [-0.3, -0.25) is 0 Å². The first-order valence-corrected chi connectivity index (χ1v) is 8.73. The molecule has 25 heavy (non-hydrogen) atoms. The molecule has 6 rings (SSSR count).